The van der Waals surface area contributed by atoms with Crippen LogP contribution in [0.15, 0.2) is 18.2 Å². The Kier molecular flexibility index (Phi) is 4.40. The molecule has 0 aliphatic carbocycles. The van der Waals surface area contributed by atoms with Gasteiger partial charge in [-0.15, -0.1) is 0 Å². The Morgan fingerprint density at radius 1 is 1.32 bits per heavy atom. The van der Waals surface area contributed by atoms with Gasteiger partial charge in [-0.2, -0.15) is 0 Å². The van der Waals surface area contributed by atoms with Crippen LogP contribution >= 0.6 is 0 Å². The van der Waals surface area contributed by atoms with E-state index in [9.17, 15) is 0 Å². The van der Waals surface area contributed by atoms with Crippen LogP contribution in [0.1, 0.15) is 23.7 Å². The third kappa shape index (κ3) is 3.24. The molecule has 2 saturated heterocycles. The van der Waals surface area contributed by atoms with Crippen molar-refractivity contribution >= 4 is 16.6 Å². The van der Waals surface area contributed by atoms with Crippen LogP contribution < -0.4 is 10.6 Å². The molecule has 1 spiro atoms. The molecule has 4 rings (SSSR count). The normalized spacial score (nSPS) is 23.3. The zero-order valence-electron chi connectivity index (χ0n) is 15.5. The molecule has 134 valence electrons. The lowest BCUT2D eigenvalue weighted by molar-refractivity contribution is -0.0201. The van der Waals surface area contributed by atoms with Gasteiger partial charge < -0.3 is 10.1 Å². The van der Waals surface area contributed by atoms with Gasteiger partial charge in [0.25, 0.3) is 0 Å². The van der Waals surface area contributed by atoms with Gasteiger partial charge in [0.2, 0.25) is 0 Å². The maximum Gasteiger partial charge on any atom is 0.108 e. The number of anilines is 1. The highest BCUT2D eigenvalue weighted by molar-refractivity contribution is 5.93. The second kappa shape index (κ2) is 6.56. The lowest BCUT2D eigenvalue weighted by Gasteiger charge is -2.34. The van der Waals surface area contributed by atoms with Crippen LogP contribution in [0.3, 0.4) is 0 Å². The van der Waals surface area contributed by atoms with Crippen molar-refractivity contribution < 1.29 is 4.74 Å². The van der Waals surface area contributed by atoms with E-state index in [0.717, 1.165) is 62.7 Å². The number of aryl methyl sites for hydroxylation is 3. The molecule has 0 amide bonds. The summed E-state index contributed by atoms with van der Waals surface area (Å²) in [6.45, 7) is 12.1. The van der Waals surface area contributed by atoms with E-state index in [1.54, 1.807) is 0 Å². The molecule has 2 aromatic rings. The summed E-state index contributed by atoms with van der Waals surface area (Å²) in [5, 5.41) is 8.39. The number of pyridine rings is 1. The van der Waals surface area contributed by atoms with Crippen LogP contribution in [0.25, 0.3) is 10.9 Å². The zero-order chi connectivity index (χ0) is 17.4. The molecule has 0 saturated carbocycles. The minimum Gasteiger partial charge on any atom is -0.382 e. The SMILES string of the molecule is CCc1cc(NCCN2CCOCC23CN3)c2nc(C)cc(C)c2c1. The van der Waals surface area contributed by atoms with Crippen LogP contribution in [-0.2, 0) is 11.2 Å². The van der Waals surface area contributed by atoms with Crippen LogP contribution in [0.5, 0.6) is 0 Å². The summed E-state index contributed by atoms with van der Waals surface area (Å²) in [5.74, 6) is 0. The van der Waals surface area contributed by atoms with E-state index in [1.807, 2.05) is 0 Å². The number of rotatable bonds is 5. The standard InChI is InChI=1S/C20H28N4O/c1-4-16-10-17-14(2)9-15(3)23-19(17)18(11-16)21-5-6-24-7-8-25-13-20(24)12-22-20/h9-11,21-22H,4-8,12-13H2,1-3H3. The Morgan fingerprint density at radius 2 is 2.16 bits per heavy atom. The van der Waals surface area contributed by atoms with Crippen molar-refractivity contribution in [3.8, 4) is 0 Å². The number of nitrogens with one attached hydrogen (secondary N) is 2. The summed E-state index contributed by atoms with van der Waals surface area (Å²) in [7, 11) is 0. The van der Waals surface area contributed by atoms with Gasteiger partial charge in [-0.05, 0) is 49.6 Å². The van der Waals surface area contributed by atoms with E-state index in [-0.39, 0.29) is 5.66 Å². The Balaban J connectivity index is 1.54. The molecule has 3 heterocycles. The van der Waals surface area contributed by atoms with Crippen LogP contribution in [0, 0.1) is 13.8 Å². The van der Waals surface area contributed by atoms with Crippen LogP contribution in [0.4, 0.5) is 5.69 Å². The van der Waals surface area contributed by atoms with Crippen molar-refractivity contribution in [2.24, 2.45) is 0 Å². The second-order valence-electron chi connectivity index (χ2n) is 7.33. The summed E-state index contributed by atoms with van der Waals surface area (Å²) in [6.07, 6.45) is 1.04. The van der Waals surface area contributed by atoms with Gasteiger partial charge in [-0.3, -0.25) is 15.2 Å². The van der Waals surface area contributed by atoms with E-state index in [1.165, 1.54) is 16.5 Å². The molecule has 0 radical (unpaired) electrons. The number of nitrogens with zero attached hydrogens (tertiary/aromatic N) is 2. The van der Waals surface area contributed by atoms with Crippen molar-refractivity contribution in [3.05, 3.63) is 35.0 Å². The molecule has 1 unspecified atom stereocenters. The number of fused-ring (bicyclic) bond motifs is 1. The van der Waals surface area contributed by atoms with Gasteiger partial charge >= 0.3 is 0 Å². The third-order valence-electron chi connectivity index (χ3n) is 5.45. The van der Waals surface area contributed by atoms with E-state index in [0.29, 0.717) is 0 Å². The molecule has 2 N–H and O–H groups in total. The first-order valence-corrected chi connectivity index (χ1v) is 9.34. The summed E-state index contributed by atoms with van der Waals surface area (Å²) in [5.41, 5.74) is 6.10. The first-order valence-electron chi connectivity index (χ1n) is 9.34. The summed E-state index contributed by atoms with van der Waals surface area (Å²) in [4.78, 5) is 7.32. The van der Waals surface area contributed by atoms with E-state index >= 15 is 0 Å². The predicted octanol–water partition coefficient (Wildman–Crippen LogP) is 2.46. The molecule has 1 atom stereocenters. The molecule has 5 heteroatoms. The average Bonchev–Trinajstić information content (AvgIpc) is 3.37. The lowest BCUT2D eigenvalue weighted by Crippen LogP contribution is -2.52. The Morgan fingerprint density at radius 3 is 2.92 bits per heavy atom. The smallest absolute Gasteiger partial charge is 0.108 e. The summed E-state index contributed by atoms with van der Waals surface area (Å²) >= 11 is 0. The number of benzene rings is 1. The number of aromatic nitrogens is 1. The average molecular weight is 340 g/mol. The van der Waals surface area contributed by atoms with Gasteiger partial charge in [0.1, 0.15) is 5.66 Å². The molecule has 25 heavy (non-hydrogen) atoms. The van der Waals surface area contributed by atoms with Crippen molar-refractivity contribution in [1.82, 2.24) is 15.2 Å². The summed E-state index contributed by atoms with van der Waals surface area (Å²) < 4.78 is 5.62. The second-order valence-corrected chi connectivity index (χ2v) is 7.33. The molecule has 2 aliphatic rings. The number of hydrogen-bond acceptors (Lipinski definition) is 5. The number of morpholine rings is 1. The summed E-state index contributed by atoms with van der Waals surface area (Å²) in [6, 6.07) is 6.72. The number of ether oxygens (including phenoxy) is 1. The van der Waals surface area contributed by atoms with Crippen LogP contribution in [0.2, 0.25) is 0 Å². The van der Waals surface area contributed by atoms with Crippen molar-refractivity contribution in [3.63, 3.8) is 0 Å². The zero-order valence-corrected chi connectivity index (χ0v) is 15.5. The fourth-order valence-corrected chi connectivity index (χ4v) is 3.85. The molecule has 0 bridgehead atoms. The molecule has 2 aliphatic heterocycles. The Hall–Kier alpha value is -1.69. The Labute approximate surface area is 149 Å². The first kappa shape index (κ1) is 16.8. The van der Waals surface area contributed by atoms with E-state index in [2.05, 4.69) is 54.5 Å². The minimum atomic E-state index is 0.110. The molecular formula is C20H28N4O. The predicted molar refractivity (Wildman–Crippen MR) is 102 cm³/mol. The Bertz CT molecular complexity index is 785. The van der Waals surface area contributed by atoms with Crippen molar-refractivity contribution in [1.29, 1.82) is 0 Å². The maximum absolute atomic E-state index is 5.62. The van der Waals surface area contributed by atoms with Crippen molar-refractivity contribution in [2.45, 2.75) is 32.9 Å². The fraction of sp³-hybridized carbons (Fsp3) is 0.550. The van der Waals surface area contributed by atoms with Crippen LogP contribution in [-0.4, -0.2) is 54.9 Å². The third-order valence-corrected chi connectivity index (χ3v) is 5.45. The maximum atomic E-state index is 5.62. The van der Waals surface area contributed by atoms with Gasteiger partial charge in [-0.25, -0.2) is 0 Å². The largest absolute Gasteiger partial charge is 0.382 e. The van der Waals surface area contributed by atoms with Gasteiger partial charge in [-0.1, -0.05) is 6.92 Å². The lowest BCUT2D eigenvalue weighted by atomic mass is 10.0. The topological polar surface area (TPSA) is 59.3 Å². The van der Waals surface area contributed by atoms with Gasteiger partial charge in [0.15, 0.2) is 0 Å². The molecule has 1 aromatic heterocycles. The number of hydrogen-bond donors (Lipinski definition) is 2. The quantitative estimate of drug-likeness (QED) is 0.819. The fourth-order valence-electron chi connectivity index (χ4n) is 3.85. The highest BCUT2D eigenvalue weighted by Gasteiger charge is 2.49. The van der Waals surface area contributed by atoms with E-state index in [4.69, 9.17) is 9.72 Å². The molecule has 2 fully saturated rings. The van der Waals surface area contributed by atoms with Gasteiger partial charge in [0.05, 0.1) is 24.4 Å². The highest BCUT2D eigenvalue weighted by Crippen LogP contribution is 2.28. The minimum absolute atomic E-state index is 0.110. The van der Waals surface area contributed by atoms with E-state index < -0.39 is 0 Å². The monoisotopic (exact) mass is 340 g/mol. The molecule has 1 aromatic carbocycles. The molecular weight excluding hydrogens is 312 g/mol. The van der Waals surface area contributed by atoms with Crippen molar-refractivity contribution in [2.75, 3.05) is 44.7 Å². The van der Waals surface area contributed by atoms with Gasteiger partial charge in [0, 0.05) is 37.3 Å². The highest BCUT2D eigenvalue weighted by atomic mass is 16.5. The first-order chi connectivity index (χ1) is 12.1. The molecule has 5 nitrogen and oxygen atoms in total.